The lowest BCUT2D eigenvalue weighted by molar-refractivity contribution is 0.990. The minimum absolute atomic E-state index is 0.593. The van der Waals surface area contributed by atoms with Crippen LogP contribution in [0.1, 0.15) is 56.7 Å². The summed E-state index contributed by atoms with van der Waals surface area (Å²) in [6.07, 6.45) is 15.5. The van der Waals surface area contributed by atoms with E-state index in [1.165, 1.54) is 33.4 Å². The zero-order valence-electron chi connectivity index (χ0n) is 17.9. The zero-order chi connectivity index (χ0) is 21.6. The summed E-state index contributed by atoms with van der Waals surface area (Å²) in [5.74, 6) is 0. The predicted octanol–water partition coefficient (Wildman–Crippen LogP) is 9.41. The van der Waals surface area contributed by atoms with Crippen molar-refractivity contribution in [2.75, 3.05) is 0 Å². The van der Waals surface area contributed by atoms with Crippen LogP contribution in [0.15, 0.2) is 95.8 Å². The smallest absolute Gasteiger partial charge is 0.0373 e. The molecular formula is C30H26S2. The van der Waals surface area contributed by atoms with E-state index in [0.717, 1.165) is 12.8 Å². The molecule has 5 rings (SSSR count). The SMILES string of the molecule is C1=CSC(c2ccc(/C=C/c3ccc(/C=C/c4ccc(C5CC=CS5)cc4)cc3)cc2)C1. The number of allylic oxidation sites excluding steroid dienone is 2. The minimum Gasteiger partial charge on any atom is -0.126 e. The minimum atomic E-state index is 0.593. The van der Waals surface area contributed by atoms with E-state index in [4.69, 9.17) is 0 Å². The summed E-state index contributed by atoms with van der Waals surface area (Å²) in [5, 5.41) is 5.60. The Hall–Kier alpha value is -2.68. The van der Waals surface area contributed by atoms with Crippen LogP contribution in [0.3, 0.4) is 0 Å². The normalized spacial score (nSPS) is 20.1. The van der Waals surface area contributed by atoms with Gasteiger partial charge in [-0.05, 0) is 57.0 Å². The van der Waals surface area contributed by atoms with E-state index in [1.807, 2.05) is 23.5 Å². The summed E-state index contributed by atoms with van der Waals surface area (Å²) < 4.78 is 0. The van der Waals surface area contributed by atoms with Crippen molar-refractivity contribution in [1.29, 1.82) is 0 Å². The third-order valence-corrected chi connectivity index (χ3v) is 8.15. The molecule has 0 saturated carbocycles. The molecule has 2 heterocycles. The van der Waals surface area contributed by atoms with Crippen molar-refractivity contribution in [2.24, 2.45) is 0 Å². The molecule has 32 heavy (non-hydrogen) atoms. The summed E-state index contributed by atoms with van der Waals surface area (Å²) in [4.78, 5) is 0. The Kier molecular flexibility index (Phi) is 6.81. The van der Waals surface area contributed by atoms with Gasteiger partial charge in [0.15, 0.2) is 0 Å². The molecule has 2 heteroatoms. The van der Waals surface area contributed by atoms with Crippen LogP contribution in [0.2, 0.25) is 0 Å². The lowest BCUT2D eigenvalue weighted by Crippen LogP contribution is -1.88. The number of hydrogen-bond acceptors (Lipinski definition) is 2. The third kappa shape index (κ3) is 5.38. The Bertz CT molecular complexity index is 1040. The summed E-state index contributed by atoms with van der Waals surface area (Å²) in [6.45, 7) is 0. The highest BCUT2D eigenvalue weighted by Crippen LogP contribution is 2.39. The molecule has 158 valence electrons. The molecule has 0 radical (unpaired) electrons. The fourth-order valence-corrected chi connectivity index (χ4v) is 5.84. The van der Waals surface area contributed by atoms with Gasteiger partial charge >= 0.3 is 0 Å². The summed E-state index contributed by atoms with van der Waals surface area (Å²) >= 11 is 3.83. The van der Waals surface area contributed by atoms with Crippen molar-refractivity contribution in [1.82, 2.24) is 0 Å². The maximum absolute atomic E-state index is 2.26. The van der Waals surface area contributed by atoms with Crippen LogP contribution in [0, 0.1) is 0 Å². The first-order chi connectivity index (χ1) is 15.8. The van der Waals surface area contributed by atoms with Crippen molar-refractivity contribution < 1.29 is 0 Å². The van der Waals surface area contributed by atoms with Crippen molar-refractivity contribution in [3.8, 4) is 0 Å². The van der Waals surface area contributed by atoms with Gasteiger partial charge in [0.25, 0.3) is 0 Å². The average Bonchev–Trinajstić information content (AvgIpc) is 3.58. The lowest BCUT2D eigenvalue weighted by atomic mass is 10.0. The van der Waals surface area contributed by atoms with Gasteiger partial charge in [-0.2, -0.15) is 0 Å². The number of rotatable bonds is 6. The Labute approximate surface area is 199 Å². The number of hydrogen-bond donors (Lipinski definition) is 0. The fourth-order valence-electron chi connectivity index (χ4n) is 3.95. The van der Waals surface area contributed by atoms with Crippen LogP contribution in [0.4, 0.5) is 0 Å². The number of benzene rings is 3. The molecule has 2 aliphatic heterocycles. The van der Waals surface area contributed by atoms with E-state index in [2.05, 4.69) is 120 Å². The van der Waals surface area contributed by atoms with Gasteiger partial charge < -0.3 is 0 Å². The first-order valence-electron chi connectivity index (χ1n) is 11.1. The second kappa shape index (κ2) is 10.3. The quantitative estimate of drug-likeness (QED) is 0.343. The van der Waals surface area contributed by atoms with Crippen LogP contribution in [-0.2, 0) is 0 Å². The maximum Gasteiger partial charge on any atom is 0.0373 e. The standard InChI is InChI=1S/C30H26S2/c1-3-29(31-21-1)27-17-13-25(14-18-27)11-9-23-5-7-24(8-6-23)10-12-26-15-19-28(20-16-26)30-4-2-22-32-30/h1-2,5-22,29-30H,3-4H2/b11-9+,12-10+. The molecule has 2 atom stereocenters. The van der Waals surface area contributed by atoms with Crippen LogP contribution < -0.4 is 0 Å². The maximum atomic E-state index is 2.26. The van der Waals surface area contributed by atoms with E-state index in [0.29, 0.717) is 10.5 Å². The molecule has 0 saturated heterocycles. The molecule has 0 fully saturated rings. The highest BCUT2D eigenvalue weighted by molar-refractivity contribution is 8.02. The van der Waals surface area contributed by atoms with Crippen LogP contribution in [0.25, 0.3) is 24.3 Å². The Morgan fingerprint density at radius 1 is 0.469 bits per heavy atom. The summed E-state index contributed by atoms with van der Waals surface area (Å²) in [6, 6.07) is 26.6. The third-order valence-electron chi connectivity index (χ3n) is 5.87. The molecule has 0 N–H and O–H groups in total. The van der Waals surface area contributed by atoms with Crippen molar-refractivity contribution >= 4 is 47.8 Å². The van der Waals surface area contributed by atoms with Crippen LogP contribution in [0.5, 0.6) is 0 Å². The van der Waals surface area contributed by atoms with Gasteiger partial charge in [0.05, 0.1) is 0 Å². The molecule has 0 spiro atoms. The first kappa shape index (κ1) is 21.2. The first-order valence-corrected chi connectivity index (χ1v) is 13.0. The zero-order valence-corrected chi connectivity index (χ0v) is 19.6. The van der Waals surface area contributed by atoms with Crippen molar-refractivity contribution in [3.63, 3.8) is 0 Å². The van der Waals surface area contributed by atoms with Gasteiger partial charge in [0.2, 0.25) is 0 Å². The molecule has 0 nitrogen and oxygen atoms in total. The van der Waals surface area contributed by atoms with E-state index < -0.39 is 0 Å². The largest absolute Gasteiger partial charge is 0.126 e. The second-order valence-corrected chi connectivity index (χ2v) is 10.4. The highest BCUT2D eigenvalue weighted by Gasteiger charge is 2.13. The van der Waals surface area contributed by atoms with Gasteiger partial charge in [-0.3, -0.25) is 0 Å². The topological polar surface area (TPSA) is 0 Å². The van der Waals surface area contributed by atoms with Gasteiger partial charge in [-0.15, -0.1) is 23.5 Å². The number of thioether (sulfide) groups is 2. The lowest BCUT2D eigenvalue weighted by Gasteiger charge is -2.08. The molecule has 0 amide bonds. The Balaban J connectivity index is 1.17. The van der Waals surface area contributed by atoms with Gasteiger partial charge in [-0.1, -0.05) is 109 Å². The van der Waals surface area contributed by atoms with Crippen LogP contribution in [-0.4, -0.2) is 0 Å². The van der Waals surface area contributed by atoms with Gasteiger partial charge in [0, 0.05) is 10.5 Å². The average molecular weight is 451 g/mol. The van der Waals surface area contributed by atoms with Crippen LogP contribution >= 0.6 is 23.5 Å². The monoisotopic (exact) mass is 450 g/mol. The molecule has 0 bridgehead atoms. The van der Waals surface area contributed by atoms with Gasteiger partial charge in [-0.25, -0.2) is 0 Å². The molecule has 2 aliphatic rings. The predicted molar refractivity (Wildman–Crippen MR) is 145 cm³/mol. The summed E-state index contributed by atoms with van der Waals surface area (Å²) in [5.41, 5.74) is 7.74. The van der Waals surface area contributed by atoms with E-state index in [1.54, 1.807) is 0 Å². The highest BCUT2D eigenvalue weighted by atomic mass is 32.2. The molecule has 3 aromatic rings. The van der Waals surface area contributed by atoms with E-state index in [-0.39, 0.29) is 0 Å². The van der Waals surface area contributed by atoms with E-state index in [9.17, 15) is 0 Å². The molecule has 0 aromatic heterocycles. The second-order valence-electron chi connectivity index (χ2n) is 8.13. The Morgan fingerprint density at radius 3 is 1.06 bits per heavy atom. The molecule has 3 aromatic carbocycles. The summed E-state index contributed by atoms with van der Waals surface area (Å²) in [7, 11) is 0. The van der Waals surface area contributed by atoms with Gasteiger partial charge in [0.1, 0.15) is 0 Å². The van der Waals surface area contributed by atoms with Crippen molar-refractivity contribution in [3.05, 3.63) is 129 Å². The van der Waals surface area contributed by atoms with E-state index >= 15 is 0 Å². The van der Waals surface area contributed by atoms with Crippen molar-refractivity contribution in [2.45, 2.75) is 23.3 Å². The molecule has 2 unspecified atom stereocenters. The Morgan fingerprint density at radius 2 is 0.781 bits per heavy atom. The molecular weight excluding hydrogens is 424 g/mol. The fraction of sp³-hybridized carbons (Fsp3) is 0.133. The molecule has 0 aliphatic carbocycles.